The van der Waals surface area contributed by atoms with Crippen molar-refractivity contribution in [1.29, 1.82) is 0 Å². The van der Waals surface area contributed by atoms with E-state index in [1.54, 1.807) is 44.4 Å². The van der Waals surface area contributed by atoms with Crippen molar-refractivity contribution < 1.29 is 13.2 Å². The number of hydrogen-bond donors (Lipinski definition) is 2. The first-order chi connectivity index (χ1) is 10.4. The maximum atomic E-state index is 11.5. The molecule has 0 aliphatic carbocycles. The Kier molecular flexibility index (Phi) is 5.10. The zero-order chi connectivity index (χ0) is 16.2. The molecule has 2 rings (SSSR count). The molecular formula is C14H16ClN3O3S. The molecule has 0 saturated carbocycles. The summed E-state index contributed by atoms with van der Waals surface area (Å²) in [5.74, 6) is 1.18. The van der Waals surface area contributed by atoms with Crippen LogP contribution >= 0.6 is 11.6 Å². The van der Waals surface area contributed by atoms with Crippen LogP contribution in [0.15, 0.2) is 36.5 Å². The van der Waals surface area contributed by atoms with E-state index in [9.17, 15) is 8.42 Å². The number of sulfonamides is 1. The lowest BCUT2D eigenvalue weighted by Gasteiger charge is -2.11. The summed E-state index contributed by atoms with van der Waals surface area (Å²) >= 11 is 5.96. The second-order valence-corrected chi connectivity index (χ2v) is 6.85. The van der Waals surface area contributed by atoms with Gasteiger partial charge in [0.25, 0.3) is 0 Å². The molecule has 1 aromatic carbocycles. The van der Waals surface area contributed by atoms with Crippen LogP contribution in [0.4, 0.5) is 17.2 Å². The molecule has 0 aliphatic rings. The normalized spacial score (nSPS) is 11.0. The van der Waals surface area contributed by atoms with E-state index in [0.717, 1.165) is 0 Å². The first-order valence-corrected chi connectivity index (χ1v) is 8.53. The second kappa shape index (κ2) is 6.85. The topological polar surface area (TPSA) is 80.3 Å². The molecule has 6 nitrogen and oxygen atoms in total. The van der Waals surface area contributed by atoms with Crippen molar-refractivity contribution in [3.8, 4) is 5.75 Å². The molecule has 0 bridgehead atoms. The molecule has 1 heterocycles. The highest BCUT2D eigenvalue weighted by Gasteiger charge is 2.08. The molecule has 0 spiro atoms. The molecule has 0 amide bonds. The van der Waals surface area contributed by atoms with E-state index in [0.29, 0.717) is 28.0 Å². The third-order valence-corrected chi connectivity index (χ3v) is 4.38. The van der Waals surface area contributed by atoms with Crippen molar-refractivity contribution in [3.05, 3.63) is 41.6 Å². The summed E-state index contributed by atoms with van der Waals surface area (Å²) in [5.41, 5.74) is 1.08. The first kappa shape index (κ1) is 16.4. The Balaban J connectivity index is 2.17. The van der Waals surface area contributed by atoms with Gasteiger partial charge in [-0.3, -0.25) is 4.72 Å². The minimum absolute atomic E-state index is 0.00666. The van der Waals surface area contributed by atoms with Crippen molar-refractivity contribution in [3.63, 3.8) is 0 Å². The second-order valence-electron chi connectivity index (χ2n) is 4.41. The summed E-state index contributed by atoms with van der Waals surface area (Å²) in [6, 6.07) is 8.47. The van der Waals surface area contributed by atoms with Gasteiger partial charge in [-0.05, 0) is 37.3 Å². The van der Waals surface area contributed by atoms with Gasteiger partial charge < -0.3 is 10.1 Å². The van der Waals surface area contributed by atoms with Crippen LogP contribution in [0, 0.1) is 0 Å². The van der Waals surface area contributed by atoms with Crippen LogP contribution in [0.3, 0.4) is 0 Å². The van der Waals surface area contributed by atoms with E-state index in [1.807, 2.05) is 0 Å². The molecule has 0 atom stereocenters. The minimum atomic E-state index is -3.31. The lowest BCUT2D eigenvalue weighted by atomic mass is 10.3. The quantitative estimate of drug-likeness (QED) is 0.843. The fraction of sp³-hybridized carbons (Fsp3) is 0.214. The van der Waals surface area contributed by atoms with Gasteiger partial charge in [-0.1, -0.05) is 11.6 Å². The van der Waals surface area contributed by atoms with Crippen molar-refractivity contribution in [2.75, 3.05) is 22.9 Å². The highest BCUT2D eigenvalue weighted by molar-refractivity contribution is 7.92. The number of nitrogens with zero attached hydrogens (tertiary/aromatic N) is 1. The largest absolute Gasteiger partial charge is 0.495 e. The van der Waals surface area contributed by atoms with E-state index in [1.165, 1.54) is 6.20 Å². The van der Waals surface area contributed by atoms with Gasteiger partial charge in [-0.25, -0.2) is 13.4 Å². The molecule has 0 aliphatic heterocycles. The Morgan fingerprint density at radius 2 is 2.05 bits per heavy atom. The zero-order valence-corrected chi connectivity index (χ0v) is 13.7. The summed E-state index contributed by atoms with van der Waals surface area (Å²) in [6.45, 7) is 1.57. The van der Waals surface area contributed by atoms with Gasteiger partial charge >= 0.3 is 0 Å². The lowest BCUT2D eigenvalue weighted by molar-refractivity contribution is 0.417. The SMILES string of the molecule is CCS(=O)(=O)Nc1ccc(Nc2cc(Cl)ccc2OC)nc1. The predicted octanol–water partition coefficient (Wildman–Crippen LogP) is 3.25. The number of methoxy groups -OCH3 is 1. The fourth-order valence-electron chi connectivity index (χ4n) is 1.70. The first-order valence-electron chi connectivity index (χ1n) is 6.50. The summed E-state index contributed by atoms with van der Waals surface area (Å²) in [4.78, 5) is 4.16. The van der Waals surface area contributed by atoms with Gasteiger partial charge in [-0.2, -0.15) is 0 Å². The van der Waals surface area contributed by atoms with Gasteiger partial charge in [0.05, 0.1) is 30.4 Å². The van der Waals surface area contributed by atoms with Crippen molar-refractivity contribution in [2.24, 2.45) is 0 Å². The predicted molar refractivity (Wildman–Crippen MR) is 88.6 cm³/mol. The van der Waals surface area contributed by atoms with Gasteiger partial charge in [0.15, 0.2) is 0 Å². The van der Waals surface area contributed by atoms with E-state index in [-0.39, 0.29) is 5.75 Å². The van der Waals surface area contributed by atoms with E-state index in [2.05, 4.69) is 15.0 Å². The average molecular weight is 342 g/mol. The number of ether oxygens (including phenoxy) is 1. The molecule has 2 N–H and O–H groups in total. The van der Waals surface area contributed by atoms with Crippen molar-refractivity contribution in [2.45, 2.75) is 6.92 Å². The van der Waals surface area contributed by atoms with Crippen LogP contribution in [0.1, 0.15) is 6.92 Å². The van der Waals surface area contributed by atoms with E-state index in [4.69, 9.17) is 16.3 Å². The molecule has 0 saturated heterocycles. The fourth-order valence-corrected chi connectivity index (χ4v) is 2.49. The molecule has 118 valence electrons. The number of anilines is 3. The van der Waals surface area contributed by atoms with Gasteiger partial charge in [-0.15, -0.1) is 0 Å². The Hall–Kier alpha value is -1.99. The third kappa shape index (κ3) is 4.25. The molecular weight excluding hydrogens is 326 g/mol. The van der Waals surface area contributed by atoms with Gasteiger partial charge in [0.1, 0.15) is 11.6 Å². The minimum Gasteiger partial charge on any atom is -0.495 e. The number of halogens is 1. The lowest BCUT2D eigenvalue weighted by Crippen LogP contribution is -2.14. The summed E-state index contributed by atoms with van der Waals surface area (Å²) in [6.07, 6.45) is 1.44. The Bertz CT molecular complexity index is 748. The summed E-state index contributed by atoms with van der Waals surface area (Å²) in [5, 5.41) is 3.64. The van der Waals surface area contributed by atoms with Gasteiger partial charge in [0.2, 0.25) is 10.0 Å². The van der Waals surface area contributed by atoms with Crippen LogP contribution in [0.2, 0.25) is 5.02 Å². The molecule has 0 fully saturated rings. The average Bonchev–Trinajstić information content (AvgIpc) is 2.49. The van der Waals surface area contributed by atoms with E-state index < -0.39 is 10.0 Å². The van der Waals surface area contributed by atoms with Crippen LogP contribution in [-0.2, 0) is 10.0 Å². The van der Waals surface area contributed by atoms with Crippen molar-refractivity contribution in [1.82, 2.24) is 4.98 Å². The Morgan fingerprint density at radius 3 is 2.64 bits per heavy atom. The van der Waals surface area contributed by atoms with Crippen LogP contribution in [0.25, 0.3) is 0 Å². The number of pyridine rings is 1. The smallest absolute Gasteiger partial charge is 0.232 e. The highest BCUT2D eigenvalue weighted by atomic mass is 35.5. The summed E-state index contributed by atoms with van der Waals surface area (Å²) < 4.78 is 30.6. The third-order valence-electron chi connectivity index (χ3n) is 2.84. The Morgan fingerprint density at radius 1 is 1.27 bits per heavy atom. The number of rotatable bonds is 6. The molecule has 0 radical (unpaired) electrons. The van der Waals surface area contributed by atoms with Crippen molar-refractivity contribution >= 4 is 38.8 Å². The number of hydrogen-bond acceptors (Lipinski definition) is 5. The molecule has 0 unspecified atom stereocenters. The highest BCUT2D eigenvalue weighted by Crippen LogP contribution is 2.30. The maximum Gasteiger partial charge on any atom is 0.232 e. The molecule has 2 aromatic rings. The number of benzene rings is 1. The van der Waals surface area contributed by atoms with Crippen LogP contribution < -0.4 is 14.8 Å². The standard InChI is InChI=1S/C14H16ClN3O3S/c1-3-22(19,20)18-11-5-7-14(16-9-11)17-12-8-10(15)4-6-13(12)21-2/h4-9,18H,3H2,1-2H3,(H,16,17). The van der Waals surface area contributed by atoms with Gasteiger partial charge in [0, 0.05) is 5.02 Å². The molecule has 1 aromatic heterocycles. The van der Waals surface area contributed by atoms with E-state index >= 15 is 0 Å². The zero-order valence-electron chi connectivity index (χ0n) is 12.1. The van der Waals surface area contributed by atoms with Crippen LogP contribution in [0.5, 0.6) is 5.75 Å². The molecule has 22 heavy (non-hydrogen) atoms. The number of nitrogens with one attached hydrogen (secondary N) is 2. The molecule has 8 heteroatoms. The summed E-state index contributed by atoms with van der Waals surface area (Å²) in [7, 11) is -1.75. The number of aromatic nitrogens is 1. The van der Waals surface area contributed by atoms with Crippen LogP contribution in [-0.4, -0.2) is 26.3 Å². The maximum absolute atomic E-state index is 11.5. The monoisotopic (exact) mass is 341 g/mol. The Labute approximate surface area is 134 Å².